The standard InChI is InChI=1S/C13H18ClN3/c1-5-9(3)17-12(10(4)14)16-11-7-6-8(2)15-13(11)17/h6-7,9-10H,5H2,1-4H3. The number of imidazole rings is 1. The molecule has 2 aromatic rings. The second-order valence-corrected chi connectivity index (χ2v) is 5.16. The Balaban J connectivity index is 2.73. The van der Waals surface area contributed by atoms with Crippen LogP contribution < -0.4 is 0 Å². The van der Waals surface area contributed by atoms with Crippen molar-refractivity contribution in [1.82, 2.24) is 14.5 Å². The summed E-state index contributed by atoms with van der Waals surface area (Å²) in [6.07, 6.45) is 1.04. The highest BCUT2D eigenvalue weighted by molar-refractivity contribution is 6.20. The SMILES string of the molecule is CCC(C)n1c(C(C)Cl)nc2ccc(C)nc21. The van der Waals surface area contributed by atoms with Gasteiger partial charge in [0.05, 0.1) is 5.38 Å². The van der Waals surface area contributed by atoms with Gasteiger partial charge in [-0.05, 0) is 39.3 Å². The Labute approximate surface area is 107 Å². The molecule has 17 heavy (non-hydrogen) atoms. The van der Waals surface area contributed by atoms with Crippen LogP contribution in [0.5, 0.6) is 0 Å². The molecule has 92 valence electrons. The largest absolute Gasteiger partial charge is 0.309 e. The second-order valence-electron chi connectivity index (χ2n) is 4.51. The fourth-order valence-corrected chi connectivity index (χ4v) is 2.14. The maximum absolute atomic E-state index is 6.21. The summed E-state index contributed by atoms with van der Waals surface area (Å²) in [6.45, 7) is 8.29. The van der Waals surface area contributed by atoms with E-state index < -0.39 is 0 Å². The summed E-state index contributed by atoms with van der Waals surface area (Å²) in [7, 11) is 0. The quantitative estimate of drug-likeness (QED) is 0.772. The van der Waals surface area contributed by atoms with Crippen molar-refractivity contribution in [3.05, 3.63) is 23.7 Å². The van der Waals surface area contributed by atoms with Gasteiger partial charge in [-0.2, -0.15) is 0 Å². The number of aromatic nitrogens is 3. The lowest BCUT2D eigenvalue weighted by atomic mass is 10.2. The van der Waals surface area contributed by atoms with Gasteiger partial charge in [0.25, 0.3) is 0 Å². The molecule has 0 fully saturated rings. The molecular weight excluding hydrogens is 234 g/mol. The first-order chi connectivity index (χ1) is 8.04. The number of pyridine rings is 1. The van der Waals surface area contributed by atoms with Crippen LogP contribution in [-0.2, 0) is 0 Å². The van der Waals surface area contributed by atoms with Gasteiger partial charge in [0, 0.05) is 11.7 Å². The summed E-state index contributed by atoms with van der Waals surface area (Å²) < 4.78 is 2.17. The average Bonchev–Trinajstić information content (AvgIpc) is 2.66. The molecule has 0 spiro atoms. The molecule has 2 rings (SSSR count). The van der Waals surface area contributed by atoms with Crippen LogP contribution in [0, 0.1) is 6.92 Å². The van der Waals surface area contributed by atoms with Crippen molar-refractivity contribution in [1.29, 1.82) is 0 Å². The minimum Gasteiger partial charge on any atom is -0.309 e. The second kappa shape index (κ2) is 4.65. The molecular formula is C13H18ClN3. The molecule has 2 aromatic heterocycles. The Bertz CT molecular complexity index is 531. The van der Waals surface area contributed by atoms with Gasteiger partial charge in [0.1, 0.15) is 11.3 Å². The van der Waals surface area contributed by atoms with E-state index in [1.54, 1.807) is 0 Å². The molecule has 0 saturated heterocycles. The first kappa shape index (κ1) is 12.4. The van der Waals surface area contributed by atoms with Gasteiger partial charge in [0.15, 0.2) is 5.65 Å². The van der Waals surface area contributed by atoms with Gasteiger partial charge in [-0.3, -0.25) is 0 Å². The number of rotatable bonds is 3. The fourth-order valence-electron chi connectivity index (χ4n) is 1.98. The molecule has 2 heterocycles. The summed E-state index contributed by atoms with van der Waals surface area (Å²) in [5, 5.41) is -0.0986. The van der Waals surface area contributed by atoms with E-state index in [1.807, 2.05) is 26.0 Å². The minimum absolute atomic E-state index is 0.0986. The minimum atomic E-state index is -0.0986. The monoisotopic (exact) mass is 251 g/mol. The average molecular weight is 252 g/mol. The Kier molecular flexibility index (Phi) is 3.38. The molecule has 0 saturated carbocycles. The highest BCUT2D eigenvalue weighted by atomic mass is 35.5. The summed E-state index contributed by atoms with van der Waals surface area (Å²) in [5.74, 6) is 0.911. The van der Waals surface area contributed by atoms with E-state index in [-0.39, 0.29) is 5.38 Å². The van der Waals surface area contributed by atoms with Gasteiger partial charge in [0.2, 0.25) is 0 Å². The van der Waals surface area contributed by atoms with Crippen LogP contribution in [0.25, 0.3) is 11.2 Å². The van der Waals surface area contributed by atoms with Crippen LogP contribution in [0.4, 0.5) is 0 Å². The van der Waals surface area contributed by atoms with Crippen molar-refractivity contribution in [2.24, 2.45) is 0 Å². The number of halogens is 1. The van der Waals surface area contributed by atoms with E-state index in [9.17, 15) is 0 Å². The van der Waals surface area contributed by atoms with Crippen molar-refractivity contribution in [3.63, 3.8) is 0 Å². The maximum atomic E-state index is 6.21. The van der Waals surface area contributed by atoms with Crippen LogP contribution in [0.1, 0.15) is 50.1 Å². The maximum Gasteiger partial charge on any atom is 0.160 e. The zero-order valence-electron chi connectivity index (χ0n) is 10.7. The van der Waals surface area contributed by atoms with Crippen LogP contribution in [-0.4, -0.2) is 14.5 Å². The van der Waals surface area contributed by atoms with Gasteiger partial charge in [-0.25, -0.2) is 9.97 Å². The molecule has 4 heteroatoms. The summed E-state index contributed by atoms with van der Waals surface area (Å²) in [5.41, 5.74) is 2.89. The number of nitrogens with zero attached hydrogens (tertiary/aromatic N) is 3. The van der Waals surface area contributed by atoms with E-state index in [2.05, 4.69) is 28.4 Å². The Morgan fingerprint density at radius 1 is 1.29 bits per heavy atom. The molecule has 0 aliphatic carbocycles. The normalized spacial score (nSPS) is 15.1. The lowest BCUT2D eigenvalue weighted by Gasteiger charge is -2.16. The number of fused-ring (bicyclic) bond motifs is 1. The number of hydrogen-bond acceptors (Lipinski definition) is 2. The van der Waals surface area contributed by atoms with Crippen LogP contribution in [0.15, 0.2) is 12.1 Å². The van der Waals surface area contributed by atoms with Gasteiger partial charge in [-0.1, -0.05) is 6.92 Å². The summed E-state index contributed by atoms with van der Waals surface area (Å²) >= 11 is 6.21. The summed E-state index contributed by atoms with van der Waals surface area (Å²) in [4.78, 5) is 9.18. The van der Waals surface area contributed by atoms with E-state index in [0.29, 0.717) is 6.04 Å². The molecule has 2 unspecified atom stereocenters. The number of alkyl halides is 1. The molecule has 2 atom stereocenters. The third-order valence-electron chi connectivity index (χ3n) is 3.09. The fraction of sp³-hybridized carbons (Fsp3) is 0.538. The smallest absolute Gasteiger partial charge is 0.160 e. The molecule has 0 aromatic carbocycles. The Hall–Kier alpha value is -1.09. The van der Waals surface area contributed by atoms with Gasteiger partial charge < -0.3 is 4.57 Å². The van der Waals surface area contributed by atoms with Crippen LogP contribution in [0.2, 0.25) is 0 Å². The Morgan fingerprint density at radius 3 is 2.59 bits per heavy atom. The van der Waals surface area contributed by atoms with Crippen molar-refractivity contribution >= 4 is 22.8 Å². The van der Waals surface area contributed by atoms with Crippen molar-refractivity contribution in [2.75, 3.05) is 0 Å². The lowest BCUT2D eigenvalue weighted by Crippen LogP contribution is -2.09. The Morgan fingerprint density at radius 2 is 2.00 bits per heavy atom. The predicted molar refractivity (Wildman–Crippen MR) is 71.5 cm³/mol. The van der Waals surface area contributed by atoms with Crippen molar-refractivity contribution in [3.8, 4) is 0 Å². The predicted octanol–water partition coefficient (Wildman–Crippen LogP) is 4.01. The molecule has 0 amide bonds. The first-order valence-electron chi connectivity index (χ1n) is 6.04. The van der Waals surface area contributed by atoms with Crippen molar-refractivity contribution < 1.29 is 0 Å². The van der Waals surface area contributed by atoms with E-state index >= 15 is 0 Å². The molecule has 0 bridgehead atoms. The highest BCUT2D eigenvalue weighted by Gasteiger charge is 2.18. The zero-order chi connectivity index (χ0) is 12.6. The highest BCUT2D eigenvalue weighted by Crippen LogP contribution is 2.28. The number of hydrogen-bond donors (Lipinski definition) is 0. The molecule has 0 aliphatic rings. The van der Waals surface area contributed by atoms with Gasteiger partial charge in [-0.15, -0.1) is 11.6 Å². The third-order valence-corrected chi connectivity index (χ3v) is 3.29. The molecule has 0 radical (unpaired) electrons. The third kappa shape index (κ3) is 2.16. The van der Waals surface area contributed by atoms with E-state index in [4.69, 9.17) is 11.6 Å². The number of aryl methyl sites for hydroxylation is 1. The lowest BCUT2D eigenvalue weighted by molar-refractivity contribution is 0.519. The van der Waals surface area contributed by atoms with Gasteiger partial charge >= 0.3 is 0 Å². The van der Waals surface area contributed by atoms with Crippen molar-refractivity contribution in [2.45, 2.75) is 45.5 Å². The van der Waals surface area contributed by atoms with E-state index in [1.165, 1.54) is 0 Å². The molecule has 0 N–H and O–H groups in total. The van der Waals surface area contributed by atoms with E-state index in [0.717, 1.165) is 29.1 Å². The van der Waals surface area contributed by atoms with Crippen LogP contribution >= 0.6 is 11.6 Å². The topological polar surface area (TPSA) is 30.7 Å². The zero-order valence-corrected chi connectivity index (χ0v) is 11.5. The molecule has 3 nitrogen and oxygen atoms in total. The van der Waals surface area contributed by atoms with Crippen LogP contribution in [0.3, 0.4) is 0 Å². The summed E-state index contributed by atoms with van der Waals surface area (Å²) in [6, 6.07) is 4.36. The first-order valence-corrected chi connectivity index (χ1v) is 6.47. The molecule has 0 aliphatic heterocycles.